The Morgan fingerprint density at radius 1 is 1.45 bits per heavy atom. The summed E-state index contributed by atoms with van der Waals surface area (Å²) in [5.41, 5.74) is 1.67. The first kappa shape index (κ1) is 16.7. The number of rotatable bonds is 7. The molecule has 0 spiro atoms. The van der Waals surface area contributed by atoms with E-state index < -0.39 is 0 Å². The average molecular weight is 283 g/mol. The van der Waals surface area contributed by atoms with Gasteiger partial charge in [0.25, 0.3) is 0 Å². The van der Waals surface area contributed by atoms with Crippen molar-refractivity contribution in [3.8, 4) is 0 Å². The molecular formula is C14H25N3O3. The van der Waals surface area contributed by atoms with Crippen LogP contribution in [0.5, 0.6) is 0 Å². The Morgan fingerprint density at radius 3 is 2.60 bits per heavy atom. The van der Waals surface area contributed by atoms with Crippen molar-refractivity contribution >= 4 is 11.8 Å². The number of aryl methyl sites for hydroxylation is 1. The molecule has 6 nitrogen and oxygen atoms in total. The lowest BCUT2D eigenvalue weighted by Crippen LogP contribution is -2.43. The third-order valence-corrected chi connectivity index (χ3v) is 3.23. The zero-order chi connectivity index (χ0) is 15.3. The van der Waals surface area contributed by atoms with Gasteiger partial charge in [0.1, 0.15) is 0 Å². The monoisotopic (exact) mass is 283 g/mol. The highest BCUT2D eigenvalue weighted by Crippen LogP contribution is 2.21. The second kappa shape index (κ2) is 7.40. The van der Waals surface area contributed by atoms with Gasteiger partial charge in [-0.2, -0.15) is 0 Å². The fraction of sp³-hybridized carbons (Fsp3) is 0.714. The second-order valence-electron chi connectivity index (χ2n) is 5.46. The van der Waals surface area contributed by atoms with Crippen molar-refractivity contribution in [1.29, 1.82) is 0 Å². The maximum atomic E-state index is 12.4. The number of anilines is 1. The topological polar surface area (TPSA) is 67.6 Å². The number of likely N-dealkylation sites (N-methyl/N-ethyl adjacent to an activating group) is 1. The van der Waals surface area contributed by atoms with Gasteiger partial charge in [-0.1, -0.05) is 19.0 Å². The normalized spacial score (nSPS) is 13.0. The number of nitrogens with one attached hydrogen (secondary N) is 1. The lowest BCUT2D eigenvalue weighted by atomic mass is 10.0. The number of methoxy groups -OCH3 is 1. The third-order valence-electron chi connectivity index (χ3n) is 3.23. The van der Waals surface area contributed by atoms with Crippen LogP contribution in [0.25, 0.3) is 0 Å². The number of hydrogen-bond donors (Lipinski definition) is 1. The van der Waals surface area contributed by atoms with Gasteiger partial charge in [-0.3, -0.25) is 15.0 Å². The fourth-order valence-corrected chi connectivity index (χ4v) is 2.30. The van der Waals surface area contributed by atoms with E-state index in [4.69, 9.17) is 9.26 Å². The van der Waals surface area contributed by atoms with E-state index in [9.17, 15) is 4.79 Å². The molecule has 0 radical (unpaired) electrons. The molecule has 0 bridgehead atoms. The maximum absolute atomic E-state index is 12.4. The van der Waals surface area contributed by atoms with Crippen LogP contribution in [-0.4, -0.2) is 49.8 Å². The first-order chi connectivity index (χ1) is 9.38. The minimum atomic E-state index is -0.212. The molecule has 0 fully saturated rings. The molecule has 1 rings (SSSR count). The summed E-state index contributed by atoms with van der Waals surface area (Å²) in [4.78, 5) is 14.3. The van der Waals surface area contributed by atoms with Crippen molar-refractivity contribution in [1.82, 2.24) is 10.1 Å². The lowest BCUT2D eigenvalue weighted by Gasteiger charge is -2.26. The zero-order valence-electron chi connectivity index (χ0n) is 13.2. The molecule has 20 heavy (non-hydrogen) atoms. The van der Waals surface area contributed by atoms with Crippen LogP contribution in [-0.2, 0) is 16.0 Å². The van der Waals surface area contributed by atoms with Gasteiger partial charge in [0.05, 0.1) is 18.3 Å². The molecule has 0 aliphatic heterocycles. The van der Waals surface area contributed by atoms with Gasteiger partial charge in [0.2, 0.25) is 11.8 Å². The van der Waals surface area contributed by atoms with Crippen LogP contribution in [0, 0.1) is 12.8 Å². The number of carbonyl (C=O) groups excluding carboxylic acids is 1. The number of ether oxygens (including phenoxy) is 1. The predicted molar refractivity (Wildman–Crippen MR) is 77.8 cm³/mol. The van der Waals surface area contributed by atoms with E-state index in [0.29, 0.717) is 18.9 Å². The lowest BCUT2D eigenvalue weighted by molar-refractivity contribution is -0.121. The van der Waals surface area contributed by atoms with E-state index in [-0.39, 0.29) is 17.9 Å². The molecule has 0 saturated heterocycles. The number of hydrogen-bond acceptors (Lipinski definition) is 5. The number of aromatic nitrogens is 1. The van der Waals surface area contributed by atoms with Gasteiger partial charge in [-0.25, -0.2) is 0 Å². The Balaban J connectivity index is 2.84. The van der Waals surface area contributed by atoms with Crippen LogP contribution >= 0.6 is 0 Å². The van der Waals surface area contributed by atoms with E-state index in [1.54, 1.807) is 7.11 Å². The van der Waals surface area contributed by atoms with Gasteiger partial charge in [0.15, 0.2) is 0 Å². The van der Waals surface area contributed by atoms with E-state index >= 15 is 0 Å². The maximum Gasteiger partial charge on any atom is 0.244 e. The number of nitrogens with zero attached hydrogens (tertiary/aromatic N) is 2. The summed E-state index contributed by atoms with van der Waals surface area (Å²) in [5, 5.41) is 6.75. The van der Waals surface area contributed by atoms with Crippen LogP contribution in [0.1, 0.15) is 25.1 Å². The highest BCUT2D eigenvalue weighted by Gasteiger charge is 2.26. The quantitative estimate of drug-likeness (QED) is 0.825. The predicted octanol–water partition coefficient (Wildman–Crippen LogP) is 1.70. The zero-order valence-corrected chi connectivity index (χ0v) is 13.2. The minimum absolute atomic E-state index is 0.0835. The highest BCUT2D eigenvalue weighted by molar-refractivity contribution is 5.94. The minimum Gasteiger partial charge on any atom is -0.384 e. The largest absolute Gasteiger partial charge is 0.384 e. The van der Waals surface area contributed by atoms with Gasteiger partial charge in [-0.05, 0) is 26.9 Å². The smallest absolute Gasteiger partial charge is 0.244 e. The molecule has 1 unspecified atom stereocenters. The van der Waals surface area contributed by atoms with Crippen molar-refractivity contribution in [3.63, 3.8) is 0 Å². The Kier molecular flexibility index (Phi) is 6.16. The van der Waals surface area contributed by atoms with Gasteiger partial charge in [-0.15, -0.1) is 0 Å². The number of amides is 1. The summed E-state index contributed by atoms with van der Waals surface area (Å²) in [7, 11) is 5.42. The van der Waals surface area contributed by atoms with E-state index in [1.165, 1.54) is 0 Å². The molecule has 6 heteroatoms. The van der Waals surface area contributed by atoms with Crippen LogP contribution in [0.2, 0.25) is 0 Å². The summed E-state index contributed by atoms with van der Waals surface area (Å²) in [5.74, 6) is 0.549. The Labute approximate surface area is 120 Å². The summed E-state index contributed by atoms with van der Waals surface area (Å²) >= 11 is 0. The third kappa shape index (κ3) is 4.05. The molecular weight excluding hydrogens is 258 g/mol. The number of carbonyl (C=O) groups is 1. The molecule has 1 N–H and O–H groups in total. The van der Waals surface area contributed by atoms with Crippen molar-refractivity contribution in [2.45, 2.75) is 33.2 Å². The second-order valence-corrected chi connectivity index (χ2v) is 5.46. The standard InChI is InChI=1S/C14H25N3O3/c1-9(2)12(17(4)5)13(18)15-14-11(7-8-19-6)10(3)16-20-14/h9,12H,7-8H2,1-6H3,(H,15,18). The highest BCUT2D eigenvalue weighted by atomic mass is 16.5. The average Bonchev–Trinajstić information content (AvgIpc) is 2.66. The fourth-order valence-electron chi connectivity index (χ4n) is 2.30. The van der Waals surface area contributed by atoms with Crippen molar-refractivity contribution in [2.75, 3.05) is 33.1 Å². The first-order valence-electron chi connectivity index (χ1n) is 6.79. The molecule has 0 aliphatic rings. The molecule has 1 aromatic rings. The summed E-state index contributed by atoms with van der Waals surface area (Å²) < 4.78 is 10.3. The molecule has 114 valence electrons. The molecule has 0 aliphatic carbocycles. The Bertz CT molecular complexity index is 433. The molecule has 1 heterocycles. The van der Waals surface area contributed by atoms with Crippen molar-refractivity contribution < 1.29 is 14.1 Å². The Morgan fingerprint density at radius 2 is 2.10 bits per heavy atom. The molecule has 1 amide bonds. The molecule has 1 aromatic heterocycles. The van der Waals surface area contributed by atoms with Crippen molar-refractivity contribution in [3.05, 3.63) is 11.3 Å². The molecule has 0 aromatic carbocycles. The van der Waals surface area contributed by atoms with Crippen molar-refractivity contribution in [2.24, 2.45) is 5.92 Å². The molecule has 1 atom stereocenters. The van der Waals surface area contributed by atoms with Gasteiger partial charge >= 0.3 is 0 Å². The van der Waals surface area contributed by atoms with Crippen LogP contribution in [0.3, 0.4) is 0 Å². The van der Waals surface area contributed by atoms with Crippen LogP contribution in [0.15, 0.2) is 4.52 Å². The first-order valence-corrected chi connectivity index (χ1v) is 6.79. The summed E-state index contributed by atoms with van der Waals surface area (Å²) in [6.45, 7) is 6.45. The SMILES string of the molecule is COCCc1c(C)noc1NC(=O)C(C(C)C)N(C)C. The van der Waals surface area contributed by atoms with E-state index in [1.807, 2.05) is 39.8 Å². The Hall–Kier alpha value is -1.40. The van der Waals surface area contributed by atoms with E-state index in [0.717, 1.165) is 11.3 Å². The molecule has 0 saturated carbocycles. The van der Waals surface area contributed by atoms with Crippen LogP contribution in [0.4, 0.5) is 5.88 Å². The van der Waals surface area contributed by atoms with Gasteiger partial charge < -0.3 is 9.26 Å². The van der Waals surface area contributed by atoms with Crippen LogP contribution < -0.4 is 5.32 Å². The van der Waals surface area contributed by atoms with Gasteiger partial charge in [0, 0.05) is 19.1 Å². The summed E-state index contributed by atoms with van der Waals surface area (Å²) in [6.07, 6.45) is 0.662. The van der Waals surface area contributed by atoms with E-state index in [2.05, 4.69) is 10.5 Å². The summed E-state index contributed by atoms with van der Waals surface area (Å²) in [6, 6.07) is -0.212.